The Balaban J connectivity index is 1.88. The van der Waals surface area contributed by atoms with Crippen LogP contribution in [0, 0.1) is 11.8 Å². The van der Waals surface area contributed by atoms with E-state index in [-0.39, 0.29) is 17.7 Å². The molecular weight excluding hydrogens is 240 g/mol. The molecule has 2 fully saturated rings. The van der Waals surface area contributed by atoms with Gasteiger partial charge in [0.1, 0.15) is 0 Å². The fourth-order valence-corrected chi connectivity index (χ4v) is 3.56. The van der Waals surface area contributed by atoms with Crippen molar-refractivity contribution in [3.8, 4) is 0 Å². The number of fused-ring (bicyclic) bond motifs is 1. The molecule has 0 radical (unpaired) electrons. The van der Waals surface area contributed by atoms with E-state index in [1.54, 1.807) is 6.92 Å². The molecule has 0 aromatic heterocycles. The van der Waals surface area contributed by atoms with Crippen LogP contribution < -0.4 is 5.73 Å². The second kappa shape index (κ2) is 6.40. The van der Waals surface area contributed by atoms with Gasteiger partial charge in [-0.25, -0.2) is 0 Å². The summed E-state index contributed by atoms with van der Waals surface area (Å²) in [6.07, 6.45) is 8.50. The lowest BCUT2D eigenvalue weighted by atomic mass is 9.78. The predicted molar refractivity (Wildman–Crippen MR) is 74.3 cm³/mol. The van der Waals surface area contributed by atoms with Crippen molar-refractivity contribution in [3.05, 3.63) is 0 Å². The average molecular weight is 266 g/mol. The zero-order chi connectivity index (χ0) is 13.8. The van der Waals surface area contributed by atoms with E-state index in [4.69, 9.17) is 5.73 Å². The Morgan fingerprint density at radius 2 is 1.89 bits per heavy atom. The summed E-state index contributed by atoms with van der Waals surface area (Å²) in [6.45, 7) is 2.71. The number of primary amides is 1. The Labute approximate surface area is 115 Å². The van der Waals surface area contributed by atoms with E-state index in [2.05, 4.69) is 4.90 Å². The third kappa shape index (κ3) is 3.48. The summed E-state index contributed by atoms with van der Waals surface area (Å²) in [7, 11) is 0. The Kier molecular flexibility index (Phi) is 4.83. The molecule has 2 aliphatic rings. The zero-order valence-corrected chi connectivity index (χ0v) is 11.9. The molecule has 0 aromatic carbocycles. The number of nitrogens with zero attached hydrogens (tertiary/aromatic N) is 1. The maximum Gasteiger partial charge on any atom is 0.222 e. The lowest BCUT2D eigenvalue weighted by molar-refractivity contribution is -0.138. The Morgan fingerprint density at radius 1 is 1.21 bits per heavy atom. The molecule has 1 heterocycles. The molecule has 2 N–H and O–H groups in total. The highest BCUT2D eigenvalue weighted by atomic mass is 16.2. The maximum atomic E-state index is 12.4. The summed E-state index contributed by atoms with van der Waals surface area (Å²) in [5.74, 6) is 0.447. The van der Waals surface area contributed by atoms with Gasteiger partial charge < -0.3 is 10.6 Å². The number of carbonyl (C=O) groups is 2. The fourth-order valence-electron chi connectivity index (χ4n) is 3.56. The van der Waals surface area contributed by atoms with Crippen molar-refractivity contribution < 1.29 is 9.59 Å². The number of amides is 2. The van der Waals surface area contributed by atoms with Crippen LogP contribution in [0.25, 0.3) is 0 Å². The van der Waals surface area contributed by atoms with Crippen LogP contribution in [0.2, 0.25) is 0 Å². The SMILES string of the molecule is CC(CCC(=O)N1CCCC2CCCCC21)C(N)=O. The molecule has 3 unspecified atom stereocenters. The maximum absolute atomic E-state index is 12.4. The Morgan fingerprint density at radius 3 is 2.63 bits per heavy atom. The minimum Gasteiger partial charge on any atom is -0.369 e. The molecule has 1 saturated heterocycles. The van der Waals surface area contributed by atoms with E-state index < -0.39 is 0 Å². The first-order chi connectivity index (χ1) is 9.09. The second-order valence-corrected chi connectivity index (χ2v) is 6.18. The second-order valence-electron chi connectivity index (χ2n) is 6.18. The summed E-state index contributed by atoms with van der Waals surface area (Å²) in [6, 6.07) is 0.471. The van der Waals surface area contributed by atoms with Gasteiger partial charge in [0.2, 0.25) is 11.8 Å². The molecule has 3 atom stereocenters. The van der Waals surface area contributed by atoms with Gasteiger partial charge in [0.05, 0.1) is 0 Å². The molecule has 0 spiro atoms. The van der Waals surface area contributed by atoms with Crippen LogP contribution in [-0.2, 0) is 9.59 Å². The van der Waals surface area contributed by atoms with Crippen LogP contribution >= 0.6 is 0 Å². The Bertz CT molecular complexity index is 341. The summed E-state index contributed by atoms with van der Waals surface area (Å²) in [5.41, 5.74) is 5.24. The van der Waals surface area contributed by atoms with Crippen molar-refractivity contribution in [3.63, 3.8) is 0 Å². The van der Waals surface area contributed by atoms with Gasteiger partial charge in [-0.3, -0.25) is 9.59 Å². The van der Waals surface area contributed by atoms with Crippen LogP contribution in [-0.4, -0.2) is 29.3 Å². The third-order valence-electron chi connectivity index (χ3n) is 4.84. The van der Waals surface area contributed by atoms with Crippen molar-refractivity contribution in [2.75, 3.05) is 6.54 Å². The Hall–Kier alpha value is -1.06. The number of likely N-dealkylation sites (tertiary alicyclic amines) is 1. The van der Waals surface area contributed by atoms with E-state index >= 15 is 0 Å². The number of carbonyl (C=O) groups excluding carboxylic acids is 2. The van der Waals surface area contributed by atoms with Crippen molar-refractivity contribution in [1.29, 1.82) is 0 Å². The van der Waals surface area contributed by atoms with Crippen molar-refractivity contribution in [2.45, 2.75) is 64.3 Å². The first kappa shape index (κ1) is 14.4. The van der Waals surface area contributed by atoms with Crippen LogP contribution in [0.1, 0.15) is 58.3 Å². The highest BCUT2D eigenvalue weighted by Crippen LogP contribution is 2.35. The molecule has 1 aliphatic heterocycles. The monoisotopic (exact) mass is 266 g/mol. The minimum absolute atomic E-state index is 0.198. The molecule has 1 aliphatic carbocycles. The number of nitrogens with two attached hydrogens (primary N) is 1. The fraction of sp³-hybridized carbons (Fsp3) is 0.867. The first-order valence-electron chi connectivity index (χ1n) is 7.68. The van der Waals surface area contributed by atoms with Gasteiger partial charge in [-0.15, -0.1) is 0 Å². The van der Waals surface area contributed by atoms with Crippen LogP contribution in [0.4, 0.5) is 0 Å². The molecule has 2 rings (SSSR count). The highest BCUT2D eigenvalue weighted by Gasteiger charge is 2.35. The molecule has 0 bridgehead atoms. The van der Waals surface area contributed by atoms with E-state index in [9.17, 15) is 9.59 Å². The number of piperidine rings is 1. The number of hydrogen-bond donors (Lipinski definition) is 1. The molecular formula is C15H26N2O2. The molecule has 2 amide bonds. The number of rotatable bonds is 4. The van der Waals surface area contributed by atoms with Gasteiger partial charge in [-0.05, 0) is 38.0 Å². The summed E-state index contributed by atoms with van der Waals surface area (Å²) in [4.78, 5) is 25.5. The van der Waals surface area contributed by atoms with Crippen LogP contribution in [0.5, 0.6) is 0 Å². The third-order valence-corrected chi connectivity index (χ3v) is 4.84. The topological polar surface area (TPSA) is 63.4 Å². The average Bonchev–Trinajstić information content (AvgIpc) is 2.43. The predicted octanol–water partition coefficient (Wildman–Crippen LogP) is 2.07. The quantitative estimate of drug-likeness (QED) is 0.846. The largest absolute Gasteiger partial charge is 0.369 e. The van der Waals surface area contributed by atoms with Gasteiger partial charge in [-0.1, -0.05) is 19.8 Å². The lowest BCUT2D eigenvalue weighted by Gasteiger charge is -2.44. The smallest absolute Gasteiger partial charge is 0.222 e. The van der Waals surface area contributed by atoms with Crippen LogP contribution in [0.15, 0.2) is 0 Å². The normalized spacial score (nSPS) is 28.6. The van der Waals surface area contributed by atoms with E-state index in [0.29, 0.717) is 18.9 Å². The van der Waals surface area contributed by atoms with Gasteiger partial charge in [0.15, 0.2) is 0 Å². The molecule has 19 heavy (non-hydrogen) atoms. The van der Waals surface area contributed by atoms with Crippen molar-refractivity contribution >= 4 is 11.8 Å². The lowest BCUT2D eigenvalue weighted by Crippen LogP contribution is -2.49. The first-order valence-corrected chi connectivity index (χ1v) is 7.68. The van der Waals surface area contributed by atoms with Gasteiger partial charge in [-0.2, -0.15) is 0 Å². The molecule has 4 heteroatoms. The minimum atomic E-state index is -0.304. The zero-order valence-electron chi connectivity index (χ0n) is 11.9. The van der Waals surface area contributed by atoms with Crippen molar-refractivity contribution in [2.24, 2.45) is 17.6 Å². The van der Waals surface area contributed by atoms with Gasteiger partial charge in [0, 0.05) is 24.9 Å². The molecule has 4 nitrogen and oxygen atoms in total. The van der Waals surface area contributed by atoms with E-state index in [0.717, 1.165) is 18.9 Å². The summed E-state index contributed by atoms with van der Waals surface area (Å²) < 4.78 is 0. The standard InChI is InChI=1S/C15H26N2O2/c1-11(15(16)19)8-9-14(18)17-10-4-6-12-5-2-3-7-13(12)17/h11-13H,2-10H2,1H3,(H2,16,19). The van der Waals surface area contributed by atoms with E-state index in [1.165, 1.54) is 32.1 Å². The number of hydrogen-bond acceptors (Lipinski definition) is 2. The highest BCUT2D eigenvalue weighted by molar-refractivity contribution is 5.79. The van der Waals surface area contributed by atoms with Gasteiger partial charge in [0.25, 0.3) is 0 Å². The molecule has 108 valence electrons. The van der Waals surface area contributed by atoms with E-state index in [1.807, 2.05) is 0 Å². The summed E-state index contributed by atoms with van der Waals surface area (Å²) >= 11 is 0. The van der Waals surface area contributed by atoms with Gasteiger partial charge >= 0.3 is 0 Å². The molecule has 0 aromatic rings. The van der Waals surface area contributed by atoms with Crippen molar-refractivity contribution in [1.82, 2.24) is 4.90 Å². The summed E-state index contributed by atoms with van der Waals surface area (Å²) in [5, 5.41) is 0. The molecule has 1 saturated carbocycles. The van der Waals surface area contributed by atoms with Crippen LogP contribution in [0.3, 0.4) is 0 Å².